The van der Waals surface area contributed by atoms with Gasteiger partial charge in [0.2, 0.25) is 0 Å². The Morgan fingerprint density at radius 3 is 2.48 bits per heavy atom. The maximum absolute atomic E-state index is 12.9. The Morgan fingerprint density at radius 2 is 1.96 bits per heavy atom. The van der Waals surface area contributed by atoms with E-state index in [0.717, 1.165) is 0 Å². The zero-order chi connectivity index (χ0) is 20.2. The minimum atomic E-state index is -4.26. The number of carbonyl (C=O) groups is 1. The second-order valence-corrected chi connectivity index (χ2v) is 6.25. The predicted octanol–water partition coefficient (Wildman–Crippen LogP) is 3.90. The molecule has 0 aliphatic carbocycles. The molecule has 10 heteroatoms. The van der Waals surface area contributed by atoms with Gasteiger partial charge in [-0.05, 0) is 31.9 Å². The van der Waals surface area contributed by atoms with Crippen molar-refractivity contribution in [3.63, 3.8) is 0 Å². The highest BCUT2D eigenvalue weighted by molar-refractivity contribution is 5.99. The largest absolute Gasteiger partial charge is 0.462 e. The number of carbonyl (C=O) groups excluding carboxylic acids is 1. The van der Waals surface area contributed by atoms with E-state index in [1.165, 1.54) is 12.1 Å². The van der Waals surface area contributed by atoms with Crippen LogP contribution in [0.3, 0.4) is 0 Å². The number of alkyl halides is 5. The average Bonchev–Trinajstić information content (AvgIpc) is 2.60. The van der Waals surface area contributed by atoms with Crippen molar-refractivity contribution in [3.8, 4) is 0 Å². The lowest BCUT2D eigenvalue weighted by molar-refractivity contribution is -0.179. The number of ether oxygens (including phenoxy) is 1. The van der Waals surface area contributed by atoms with Gasteiger partial charge in [0, 0.05) is 13.1 Å². The summed E-state index contributed by atoms with van der Waals surface area (Å²) in [5.74, 6) is -2.07. The molecule has 0 radical (unpaired) electrons. The minimum Gasteiger partial charge on any atom is -0.462 e. The molecule has 1 aromatic carbocycles. The zero-order valence-electron chi connectivity index (χ0n) is 14.8. The quantitative estimate of drug-likeness (QED) is 0.434. The molecule has 1 aliphatic rings. The van der Waals surface area contributed by atoms with Gasteiger partial charge in [-0.1, -0.05) is 0 Å². The molecule has 0 atom stereocenters. The first-order valence-electron chi connectivity index (χ1n) is 8.57. The standard InChI is InChI=1S/C17H22F5N3O2/c1-2-27-16(26)11-7-12(23)13(24-9-15(18)19)8-14(11)25-5-3-10(4-6-25)17(20,21)22/h7-8,10,15,24H,2-6,9,23H2,1H3. The minimum absolute atomic E-state index is 0.0765. The number of nitrogens with two attached hydrogens (primary N) is 1. The van der Waals surface area contributed by atoms with Crippen molar-refractivity contribution in [3.05, 3.63) is 17.7 Å². The van der Waals surface area contributed by atoms with Gasteiger partial charge in [-0.15, -0.1) is 0 Å². The monoisotopic (exact) mass is 395 g/mol. The maximum Gasteiger partial charge on any atom is 0.391 e. The lowest BCUT2D eigenvalue weighted by Gasteiger charge is -2.35. The Labute approximate surface area is 153 Å². The molecule has 27 heavy (non-hydrogen) atoms. The number of hydrogen-bond acceptors (Lipinski definition) is 5. The fourth-order valence-corrected chi connectivity index (χ4v) is 3.03. The van der Waals surface area contributed by atoms with Gasteiger partial charge in [0.25, 0.3) is 6.43 Å². The lowest BCUT2D eigenvalue weighted by Crippen LogP contribution is -2.39. The number of esters is 1. The second-order valence-electron chi connectivity index (χ2n) is 6.25. The van der Waals surface area contributed by atoms with Gasteiger partial charge in [0.1, 0.15) is 0 Å². The zero-order valence-corrected chi connectivity index (χ0v) is 14.8. The van der Waals surface area contributed by atoms with Crippen molar-refractivity contribution in [2.24, 2.45) is 5.92 Å². The summed E-state index contributed by atoms with van der Waals surface area (Å²) >= 11 is 0. The first kappa shape index (κ1) is 21.0. The summed E-state index contributed by atoms with van der Waals surface area (Å²) in [6.07, 6.45) is -7.10. The van der Waals surface area contributed by atoms with Crippen LogP contribution in [0.25, 0.3) is 0 Å². The van der Waals surface area contributed by atoms with Crippen LogP contribution in [-0.4, -0.2) is 44.8 Å². The van der Waals surface area contributed by atoms with E-state index in [1.54, 1.807) is 11.8 Å². The molecule has 0 spiro atoms. The molecule has 0 bridgehead atoms. The van der Waals surface area contributed by atoms with Gasteiger partial charge in [-0.25, -0.2) is 13.6 Å². The molecule has 0 saturated carbocycles. The SMILES string of the molecule is CCOC(=O)c1cc(N)c(NCC(F)F)cc1N1CCC(C(F)(F)F)CC1. The van der Waals surface area contributed by atoms with Crippen LogP contribution in [0.15, 0.2) is 12.1 Å². The van der Waals surface area contributed by atoms with Crippen molar-refractivity contribution in [1.29, 1.82) is 0 Å². The van der Waals surface area contributed by atoms with Crippen LogP contribution in [0.5, 0.6) is 0 Å². The van der Waals surface area contributed by atoms with Gasteiger partial charge in [0.05, 0.1) is 41.7 Å². The van der Waals surface area contributed by atoms with E-state index in [0.29, 0.717) is 5.69 Å². The van der Waals surface area contributed by atoms with Crippen LogP contribution in [0.1, 0.15) is 30.1 Å². The van der Waals surface area contributed by atoms with Gasteiger partial charge in [-0.3, -0.25) is 0 Å². The molecule has 0 unspecified atom stereocenters. The predicted molar refractivity (Wildman–Crippen MR) is 92.3 cm³/mol. The van der Waals surface area contributed by atoms with Crippen molar-refractivity contribution in [2.75, 3.05) is 42.2 Å². The van der Waals surface area contributed by atoms with Gasteiger partial charge in [0.15, 0.2) is 0 Å². The molecule has 1 saturated heterocycles. The summed E-state index contributed by atoms with van der Waals surface area (Å²) in [7, 11) is 0. The Balaban J connectivity index is 2.30. The number of halogens is 5. The van der Waals surface area contributed by atoms with Gasteiger partial charge >= 0.3 is 12.1 Å². The third kappa shape index (κ3) is 5.36. The number of anilines is 3. The lowest BCUT2D eigenvalue weighted by atomic mass is 9.95. The molecular weight excluding hydrogens is 373 g/mol. The third-order valence-electron chi connectivity index (χ3n) is 4.41. The van der Waals surface area contributed by atoms with Crippen molar-refractivity contribution < 1.29 is 31.5 Å². The highest BCUT2D eigenvalue weighted by atomic mass is 19.4. The molecule has 0 aromatic heterocycles. The number of piperidine rings is 1. The van der Waals surface area contributed by atoms with Crippen molar-refractivity contribution in [2.45, 2.75) is 32.4 Å². The fourth-order valence-electron chi connectivity index (χ4n) is 3.03. The molecule has 1 fully saturated rings. The Kier molecular flexibility index (Phi) is 6.72. The van der Waals surface area contributed by atoms with E-state index in [2.05, 4.69) is 5.32 Å². The van der Waals surface area contributed by atoms with Gasteiger partial charge in [-0.2, -0.15) is 13.2 Å². The van der Waals surface area contributed by atoms with Crippen LogP contribution in [0, 0.1) is 5.92 Å². The maximum atomic E-state index is 12.9. The van der Waals surface area contributed by atoms with Crippen LogP contribution in [0.2, 0.25) is 0 Å². The Hall–Kier alpha value is -2.26. The van der Waals surface area contributed by atoms with Gasteiger partial charge < -0.3 is 20.7 Å². The molecule has 5 nitrogen and oxygen atoms in total. The number of rotatable bonds is 6. The summed E-state index contributed by atoms with van der Waals surface area (Å²) in [5.41, 5.74) is 6.52. The first-order chi connectivity index (χ1) is 12.6. The van der Waals surface area contributed by atoms with Crippen LogP contribution in [-0.2, 0) is 4.74 Å². The molecule has 1 heterocycles. The van der Waals surface area contributed by atoms with E-state index in [4.69, 9.17) is 10.5 Å². The number of benzene rings is 1. The number of nitrogen functional groups attached to an aromatic ring is 1. The normalized spacial score (nSPS) is 15.9. The topological polar surface area (TPSA) is 67.6 Å². The smallest absolute Gasteiger partial charge is 0.391 e. The Morgan fingerprint density at radius 1 is 1.33 bits per heavy atom. The summed E-state index contributed by atoms with van der Waals surface area (Å²) in [5, 5.41) is 2.49. The molecule has 1 aliphatic heterocycles. The van der Waals surface area contributed by atoms with E-state index in [-0.39, 0.29) is 49.5 Å². The first-order valence-corrected chi connectivity index (χ1v) is 8.57. The molecule has 0 amide bonds. The summed E-state index contributed by atoms with van der Waals surface area (Å²) in [6, 6.07) is 2.72. The molecule has 2 rings (SSSR count). The molecule has 152 valence electrons. The molecule has 1 aromatic rings. The summed E-state index contributed by atoms with van der Waals surface area (Å²) in [4.78, 5) is 13.9. The van der Waals surface area contributed by atoms with Crippen molar-refractivity contribution in [1.82, 2.24) is 0 Å². The van der Waals surface area contributed by atoms with Crippen LogP contribution >= 0.6 is 0 Å². The fraction of sp³-hybridized carbons (Fsp3) is 0.588. The third-order valence-corrected chi connectivity index (χ3v) is 4.41. The van der Waals surface area contributed by atoms with E-state index in [9.17, 15) is 26.7 Å². The molecular formula is C17H22F5N3O2. The van der Waals surface area contributed by atoms with E-state index < -0.39 is 31.0 Å². The molecule has 3 N–H and O–H groups in total. The number of nitrogens with one attached hydrogen (secondary N) is 1. The summed E-state index contributed by atoms with van der Waals surface area (Å²) in [6.45, 7) is 1.25. The van der Waals surface area contributed by atoms with Crippen LogP contribution < -0.4 is 16.0 Å². The highest BCUT2D eigenvalue weighted by Crippen LogP contribution is 2.38. The highest BCUT2D eigenvalue weighted by Gasteiger charge is 2.41. The van der Waals surface area contributed by atoms with Crippen molar-refractivity contribution >= 4 is 23.0 Å². The second kappa shape index (κ2) is 8.62. The van der Waals surface area contributed by atoms with E-state index in [1.807, 2.05) is 0 Å². The average molecular weight is 395 g/mol. The van der Waals surface area contributed by atoms with Crippen LogP contribution in [0.4, 0.5) is 39.0 Å². The number of nitrogens with zero attached hydrogens (tertiary/aromatic N) is 1. The van der Waals surface area contributed by atoms with E-state index >= 15 is 0 Å². The number of hydrogen-bond donors (Lipinski definition) is 2. The summed E-state index contributed by atoms with van der Waals surface area (Å²) < 4.78 is 68.6. The Bertz CT molecular complexity index is 659.